The molecule has 104 valence electrons. The quantitative estimate of drug-likeness (QED) is 0.827. The normalized spacial score (nSPS) is 12.1. The van der Waals surface area contributed by atoms with Gasteiger partial charge in [-0.05, 0) is 30.7 Å². The van der Waals surface area contributed by atoms with E-state index in [4.69, 9.17) is 5.73 Å². The number of nitrogens with zero attached hydrogens (tertiary/aromatic N) is 1. The molecule has 0 heterocycles. The van der Waals surface area contributed by atoms with Crippen molar-refractivity contribution >= 4 is 0 Å². The van der Waals surface area contributed by atoms with Gasteiger partial charge in [-0.2, -0.15) is 0 Å². The Hall–Kier alpha value is -1.37. The van der Waals surface area contributed by atoms with Gasteiger partial charge in [-0.3, -0.25) is 0 Å². The molecule has 0 fully saturated rings. The molecule has 0 saturated heterocycles. The van der Waals surface area contributed by atoms with Gasteiger partial charge in [0.1, 0.15) is 5.82 Å². The highest BCUT2D eigenvalue weighted by atomic mass is 19.1. The third-order valence-electron chi connectivity index (χ3n) is 3.16. The lowest BCUT2D eigenvalue weighted by molar-refractivity contribution is 0.275. The standard InChI is InChI=1S/C16H23FN2/c1-4-13(2)11-19(3)12-15-7-8-16(17)10-14(15)6-5-9-18/h7-8,10,13H,4,9,11-12,18H2,1-3H3. The molecule has 0 radical (unpaired) electrons. The number of hydrogen-bond acceptors (Lipinski definition) is 2. The van der Waals surface area contributed by atoms with Gasteiger partial charge in [0.25, 0.3) is 0 Å². The first-order valence-corrected chi connectivity index (χ1v) is 6.72. The van der Waals surface area contributed by atoms with Crippen molar-refractivity contribution in [3.63, 3.8) is 0 Å². The molecule has 0 amide bonds. The predicted octanol–water partition coefficient (Wildman–Crippen LogP) is 2.61. The van der Waals surface area contributed by atoms with Crippen LogP contribution >= 0.6 is 0 Å². The van der Waals surface area contributed by atoms with Crippen LogP contribution in [0.3, 0.4) is 0 Å². The summed E-state index contributed by atoms with van der Waals surface area (Å²) in [5.74, 6) is 6.14. The van der Waals surface area contributed by atoms with Crippen molar-refractivity contribution in [3.8, 4) is 11.8 Å². The Bertz CT molecular complexity index is 460. The van der Waals surface area contributed by atoms with Gasteiger partial charge < -0.3 is 10.6 Å². The van der Waals surface area contributed by atoms with E-state index in [2.05, 4.69) is 37.6 Å². The van der Waals surface area contributed by atoms with Crippen LogP contribution in [0.25, 0.3) is 0 Å². The van der Waals surface area contributed by atoms with Crippen LogP contribution in [-0.2, 0) is 6.54 Å². The van der Waals surface area contributed by atoms with E-state index in [-0.39, 0.29) is 5.82 Å². The fourth-order valence-corrected chi connectivity index (χ4v) is 1.97. The van der Waals surface area contributed by atoms with Crippen molar-refractivity contribution in [1.29, 1.82) is 0 Å². The van der Waals surface area contributed by atoms with Crippen LogP contribution < -0.4 is 5.73 Å². The van der Waals surface area contributed by atoms with Crippen LogP contribution in [0.4, 0.5) is 4.39 Å². The minimum absolute atomic E-state index is 0.255. The summed E-state index contributed by atoms with van der Waals surface area (Å²) in [4.78, 5) is 2.25. The van der Waals surface area contributed by atoms with E-state index >= 15 is 0 Å². The molecule has 2 nitrogen and oxygen atoms in total. The molecular formula is C16H23FN2. The van der Waals surface area contributed by atoms with Crippen LogP contribution in [0.5, 0.6) is 0 Å². The summed E-state index contributed by atoms with van der Waals surface area (Å²) < 4.78 is 13.3. The summed E-state index contributed by atoms with van der Waals surface area (Å²) in [6.45, 7) is 6.51. The average Bonchev–Trinajstić information content (AvgIpc) is 2.38. The third-order valence-corrected chi connectivity index (χ3v) is 3.16. The number of nitrogens with two attached hydrogens (primary N) is 1. The minimum atomic E-state index is -0.255. The Kier molecular flexibility index (Phi) is 6.55. The molecule has 0 aromatic heterocycles. The van der Waals surface area contributed by atoms with Gasteiger partial charge in [-0.1, -0.05) is 38.2 Å². The molecule has 0 spiro atoms. The van der Waals surface area contributed by atoms with Gasteiger partial charge in [0.2, 0.25) is 0 Å². The summed E-state index contributed by atoms with van der Waals surface area (Å²) in [5.41, 5.74) is 7.16. The van der Waals surface area contributed by atoms with Crippen molar-refractivity contribution in [2.75, 3.05) is 20.1 Å². The highest BCUT2D eigenvalue weighted by Crippen LogP contribution is 2.14. The second-order valence-electron chi connectivity index (χ2n) is 5.02. The molecule has 0 aliphatic rings. The lowest BCUT2D eigenvalue weighted by Gasteiger charge is -2.21. The Morgan fingerprint density at radius 1 is 1.42 bits per heavy atom. The third kappa shape index (κ3) is 5.42. The zero-order chi connectivity index (χ0) is 14.3. The van der Waals surface area contributed by atoms with Crippen LogP contribution in [-0.4, -0.2) is 25.0 Å². The fourth-order valence-electron chi connectivity index (χ4n) is 1.97. The first-order chi connectivity index (χ1) is 9.06. The topological polar surface area (TPSA) is 29.3 Å². The number of halogens is 1. The summed E-state index contributed by atoms with van der Waals surface area (Å²) in [6, 6.07) is 4.78. The van der Waals surface area contributed by atoms with Crippen LogP contribution in [0, 0.1) is 23.6 Å². The first kappa shape index (κ1) is 15.7. The van der Waals surface area contributed by atoms with E-state index in [1.807, 2.05) is 6.07 Å². The molecule has 19 heavy (non-hydrogen) atoms. The van der Waals surface area contributed by atoms with Gasteiger partial charge in [0, 0.05) is 18.7 Å². The highest BCUT2D eigenvalue weighted by Gasteiger charge is 2.08. The number of rotatable bonds is 5. The van der Waals surface area contributed by atoms with Gasteiger partial charge in [0.15, 0.2) is 0 Å². The molecule has 3 heteroatoms. The molecule has 1 aromatic carbocycles. The van der Waals surface area contributed by atoms with Crippen molar-refractivity contribution < 1.29 is 4.39 Å². The molecule has 1 rings (SSSR count). The van der Waals surface area contributed by atoms with Crippen molar-refractivity contribution in [1.82, 2.24) is 4.90 Å². The van der Waals surface area contributed by atoms with Crippen LogP contribution in [0.2, 0.25) is 0 Å². The van der Waals surface area contributed by atoms with Gasteiger partial charge in [-0.15, -0.1) is 0 Å². The van der Waals surface area contributed by atoms with E-state index in [1.54, 1.807) is 0 Å². The molecule has 1 aromatic rings. The Morgan fingerprint density at radius 2 is 2.16 bits per heavy atom. The maximum Gasteiger partial charge on any atom is 0.124 e. The molecule has 0 aliphatic carbocycles. The molecular weight excluding hydrogens is 239 g/mol. The van der Waals surface area contributed by atoms with Gasteiger partial charge in [0.05, 0.1) is 6.54 Å². The zero-order valence-corrected chi connectivity index (χ0v) is 12.0. The molecule has 1 atom stereocenters. The predicted molar refractivity (Wildman–Crippen MR) is 78.1 cm³/mol. The van der Waals surface area contributed by atoms with Crippen LogP contribution in [0.15, 0.2) is 18.2 Å². The summed E-state index contributed by atoms with van der Waals surface area (Å²) in [5, 5.41) is 0. The van der Waals surface area contributed by atoms with Crippen molar-refractivity contribution in [2.45, 2.75) is 26.8 Å². The van der Waals surface area contributed by atoms with E-state index in [1.165, 1.54) is 12.1 Å². The second-order valence-corrected chi connectivity index (χ2v) is 5.02. The maximum absolute atomic E-state index is 13.3. The first-order valence-electron chi connectivity index (χ1n) is 6.72. The summed E-state index contributed by atoms with van der Waals surface area (Å²) in [7, 11) is 2.08. The lowest BCUT2D eigenvalue weighted by atomic mass is 10.1. The van der Waals surface area contributed by atoms with E-state index in [9.17, 15) is 4.39 Å². The highest BCUT2D eigenvalue weighted by molar-refractivity contribution is 5.41. The van der Waals surface area contributed by atoms with Crippen molar-refractivity contribution in [3.05, 3.63) is 35.1 Å². The molecule has 0 aliphatic heterocycles. The Balaban J connectivity index is 2.82. The molecule has 2 N–H and O–H groups in total. The van der Waals surface area contributed by atoms with Gasteiger partial charge >= 0.3 is 0 Å². The van der Waals surface area contributed by atoms with Crippen molar-refractivity contribution in [2.24, 2.45) is 11.7 Å². The second kappa shape index (κ2) is 7.93. The summed E-state index contributed by atoms with van der Waals surface area (Å²) in [6.07, 6.45) is 1.16. The minimum Gasteiger partial charge on any atom is -0.320 e. The SMILES string of the molecule is CCC(C)CN(C)Cc1ccc(F)cc1C#CCN. The number of hydrogen-bond donors (Lipinski definition) is 1. The Labute approximate surface area is 115 Å². The van der Waals surface area contributed by atoms with E-state index < -0.39 is 0 Å². The molecule has 1 unspecified atom stereocenters. The van der Waals surface area contributed by atoms with Crippen LogP contribution in [0.1, 0.15) is 31.4 Å². The van der Waals surface area contributed by atoms with E-state index in [0.717, 1.165) is 30.6 Å². The monoisotopic (exact) mass is 262 g/mol. The molecule has 0 bridgehead atoms. The fraction of sp³-hybridized carbons (Fsp3) is 0.500. The lowest BCUT2D eigenvalue weighted by Crippen LogP contribution is -2.24. The average molecular weight is 262 g/mol. The number of benzene rings is 1. The zero-order valence-electron chi connectivity index (χ0n) is 12.0. The smallest absolute Gasteiger partial charge is 0.124 e. The Morgan fingerprint density at radius 3 is 2.79 bits per heavy atom. The van der Waals surface area contributed by atoms with E-state index in [0.29, 0.717) is 12.5 Å². The largest absolute Gasteiger partial charge is 0.320 e. The summed E-state index contributed by atoms with van der Waals surface area (Å²) >= 11 is 0. The van der Waals surface area contributed by atoms with Gasteiger partial charge in [-0.25, -0.2) is 4.39 Å². The molecule has 0 saturated carbocycles. The maximum atomic E-state index is 13.3.